The summed E-state index contributed by atoms with van der Waals surface area (Å²) in [5, 5.41) is 3.49. The third-order valence-electron chi connectivity index (χ3n) is 4.50. The molecule has 0 amide bonds. The van der Waals surface area contributed by atoms with E-state index >= 15 is 0 Å². The van der Waals surface area contributed by atoms with Gasteiger partial charge in [-0.25, -0.2) is 4.98 Å². The predicted octanol–water partition coefficient (Wildman–Crippen LogP) is 3.07. The van der Waals surface area contributed by atoms with Crippen LogP contribution in [0.15, 0.2) is 6.20 Å². The van der Waals surface area contributed by atoms with Crippen LogP contribution < -0.4 is 10.2 Å². The fraction of sp³-hybridized carbons (Fsp3) is 0.824. The molecular weight excluding hydrogens is 260 g/mol. The van der Waals surface area contributed by atoms with Gasteiger partial charge in [-0.3, -0.25) is 0 Å². The van der Waals surface area contributed by atoms with Crippen LogP contribution in [0.1, 0.15) is 52.1 Å². The van der Waals surface area contributed by atoms with Crippen LogP contribution in [-0.4, -0.2) is 35.7 Å². The first-order valence-corrected chi connectivity index (χ1v) is 8.80. The number of piperidine rings is 1. The lowest BCUT2D eigenvalue weighted by atomic mass is 9.97. The zero-order valence-corrected chi connectivity index (χ0v) is 14.1. The number of anilines is 1. The number of nitrogens with zero attached hydrogens (tertiary/aromatic N) is 3. The quantitative estimate of drug-likeness (QED) is 0.799. The highest BCUT2D eigenvalue weighted by atomic mass is 15.3. The topological polar surface area (TPSA) is 33.1 Å². The second-order valence-corrected chi connectivity index (χ2v) is 6.17. The number of aromatic nitrogens is 2. The fourth-order valence-electron chi connectivity index (χ4n) is 3.06. The number of unbranched alkanes of at least 4 members (excludes halogenated alkanes) is 1. The van der Waals surface area contributed by atoms with Gasteiger partial charge in [-0.1, -0.05) is 27.2 Å². The van der Waals surface area contributed by atoms with E-state index in [4.69, 9.17) is 4.98 Å². The molecule has 0 atom stereocenters. The van der Waals surface area contributed by atoms with Gasteiger partial charge in [0.1, 0.15) is 0 Å². The van der Waals surface area contributed by atoms with E-state index in [1.54, 1.807) is 0 Å². The van der Waals surface area contributed by atoms with Crippen molar-refractivity contribution in [1.29, 1.82) is 0 Å². The Morgan fingerprint density at radius 2 is 2.00 bits per heavy atom. The van der Waals surface area contributed by atoms with Crippen LogP contribution in [0.25, 0.3) is 0 Å². The van der Waals surface area contributed by atoms with Crippen molar-refractivity contribution in [3.63, 3.8) is 0 Å². The summed E-state index contributed by atoms with van der Waals surface area (Å²) in [4.78, 5) is 7.36. The van der Waals surface area contributed by atoms with E-state index in [1.807, 2.05) is 0 Å². The van der Waals surface area contributed by atoms with Gasteiger partial charge in [-0.2, -0.15) is 0 Å². The second-order valence-electron chi connectivity index (χ2n) is 6.17. The standard InChI is InChI=1S/C17H32N4/c1-4-7-10-21-14-16(5-2)19-17(21)20-11-8-15(9-12-20)13-18-6-3/h14-15,18H,4-13H2,1-3H3. The molecule has 0 unspecified atom stereocenters. The lowest BCUT2D eigenvalue weighted by Crippen LogP contribution is -2.38. The average Bonchev–Trinajstić information content (AvgIpc) is 2.94. The molecule has 21 heavy (non-hydrogen) atoms. The molecule has 0 saturated carbocycles. The molecule has 120 valence electrons. The summed E-state index contributed by atoms with van der Waals surface area (Å²) in [6, 6.07) is 0. The van der Waals surface area contributed by atoms with Gasteiger partial charge >= 0.3 is 0 Å². The Bertz CT molecular complexity index is 405. The Labute approximate surface area is 129 Å². The normalized spacial score (nSPS) is 16.6. The lowest BCUT2D eigenvalue weighted by molar-refractivity contribution is 0.381. The molecule has 1 saturated heterocycles. The van der Waals surface area contributed by atoms with Crippen molar-refractivity contribution in [3.05, 3.63) is 11.9 Å². The van der Waals surface area contributed by atoms with E-state index in [0.29, 0.717) is 0 Å². The number of imidazole rings is 1. The van der Waals surface area contributed by atoms with Crippen molar-refractivity contribution in [3.8, 4) is 0 Å². The number of aryl methyl sites for hydroxylation is 2. The third-order valence-corrected chi connectivity index (χ3v) is 4.50. The van der Waals surface area contributed by atoms with E-state index in [9.17, 15) is 0 Å². The van der Waals surface area contributed by atoms with Gasteiger partial charge in [-0.15, -0.1) is 0 Å². The Kier molecular flexibility index (Phi) is 6.55. The summed E-state index contributed by atoms with van der Waals surface area (Å²) in [5.74, 6) is 2.05. The molecule has 0 spiro atoms. The molecule has 1 aliphatic heterocycles. The number of rotatable bonds is 8. The monoisotopic (exact) mass is 292 g/mol. The summed E-state index contributed by atoms with van der Waals surface area (Å²) in [7, 11) is 0. The molecule has 1 aromatic heterocycles. The highest BCUT2D eigenvalue weighted by Gasteiger charge is 2.22. The average molecular weight is 292 g/mol. The van der Waals surface area contributed by atoms with Gasteiger partial charge < -0.3 is 14.8 Å². The summed E-state index contributed by atoms with van der Waals surface area (Å²) in [5.41, 5.74) is 1.23. The Hall–Kier alpha value is -1.03. The van der Waals surface area contributed by atoms with Gasteiger partial charge in [0.15, 0.2) is 0 Å². The van der Waals surface area contributed by atoms with Crippen molar-refractivity contribution >= 4 is 5.95 Å². The van der Waals surface area contributed by atoms with Crippen molar-refractivity contribution in [2.75, 3.05) is 31.1 Å². The molecule has 2 rings (SSSR count). The zero-order valence-electron chi connectivity index (χ0n) is 14.1. The maximum absolute atomic E-state index is 4.87. The van der Waals surface area contributed by atoms with Crippen LogP contribution in [0.2, 0.25) is 0 Å². The summed E-state index contributed by atoms with van der Waals surface area (Å²) >= 11 is 0. The van der Waals surface area contributed by atoms with Crippen LogP contribution in [0, 0.1) is 5.92 Å². The minimum Gasteiger partial charge on any atom is -0.342 e. The smallest absolute Gasteiger partial charge is 0.205 e. The first-order chi connectivity index (χ1) is 10.3. The van der Waals surface area contributed by atoms with Crippen molar-refractivity contribution in [1.82, 2.24) is 14.9 Å². The third kappa shape index (κ3) is 4.47. The van der Waals surface area contributed by atoms with E-state index in [2.05, 4.69) is 41.8 Å². The zero-order chi connectivity index (χ0) is 15.1. The predicted molar refractivity (Wildman–Crippen MR) is 90.0 cm³/mol. The molecule has 1 fully saturated rings. The van der Waals surface area contributed by atoms with E-state index in [-0.39, 0.29) is 0 Å². The molecule has 4 heteroatoms. The summed E-state index contributed by atoms with van der Waals surface area (Å²) < 4.78 is 2.38. The number of hydrogen-bond donors (Lipinski definition) is 1. The lowest BCUT2D eigenvalue weighted by Gasteiger charge is -2.33. The maximum atomic E-state index is 4.87. The Morgan fingerprint density at radius 3 is 2.62 bits per heavy atom. The fourth-order valence-corrected chi connectivity index (χ4v) is 3.06. The van der Waals surface area contributed by atoms with Gasteiger partial charge in [0.05, 0.1) is 5.69 Å². The molecular formula is C17H32N4. The minimum atomic E-state index is 0.839. The largest absolute Gasteiger partial charge is 0.342 e. The van der Waals surface area contributed by atoms with Crippen LogP contribution in [-0.2, 0) is 13.0 Å². The van der Waals surface area contributed by atoms with Gasteiger partial charge in [0.2, 0.25) is 5.95 Å². The molecule has 0 aromatic carbocycles. The molecule has 2 heterocycles. The highest BCUT2D eigenvalue weighted by Crippen LogP contribution is 2.23. The first-order valence-electron chi connectivity index (χ1n) is 8.80. The second kappa shape index (κ2) is 8.42. The Balaban J connectivity index is 1.96. The van der Waals surface area contributed by atoms with Gasteiger partial charge in [-0.05, 0) is 44.7 Å². The van der Waals surface area contributed by atoms with Crippen LogP contribution in [0.4, 0.5) is 5.95 Å². The van der Waals surface area contributed by atoms with Crippen LogP contribution in [0.3, 0.4) is 0 Å². The highest BCUT2D eigenvalue weighted by molar-refractivity contribution is 5.34. The van der Waals surface area contributed by atoms with E-state index in [1.165, 1.54) is 43.9 Å². The first kappa shape index (κ1) is 16.3. The molecule has 0 bridgehead atoms. The van der Waals surface area contributed by atoms with Crippen molar-refractivity contribution in [2.24, 2.45) is 5.92 Å². The molecule has 1 aliphatic rings. The summed E-state index contributed by atoms with van der Waals surface area (Å²) in [6.07, 6.45) is 8.34. The van der Waals surface area contributed by atoms with E-state index in [0.717, 1.165) is 38.5 Å². The summed E-state index contributed by atoms with van der Waals surface area (Å²) in [6.45, 7) is 12.3. The molecule has 4 nitrogen and oxygen atoms in total. The SMILES string of the molecule is CCCCn1cc(CC)nc1N1CCC(CNCC)CC1. The number of hydrogen-bond acceptors (Lipinski definition) is 3. The van der Waals surface area contributed by atoms with Gasteiger partial charge in [0.25, 0.3) is 0 Å². The van der Waals surface area contributed by atoms with E-state index < -0.39 is 0 Å². The molecule has 1 N–H and O–H groups in total. The van der Waals surface area contributed by atoms with Crippen molar-refractivity contribution in [2.45, 2.75) is 59.4 Å². The van der Waals surface area contributed by atoms with Crippen molar-refractivity contribution < 1.29 is 0 Å². The molecule has 0 aliphatic carbocycles. The van der Waals surface area contributed by atoms with Gasteiger partial charge in [0, 0.05) is 25.8 Å². The number of nitrogens with one attached hydrogen (secondary N) is 1. The van der Waals surface area contributed by atoms with Crippen LogP contribution >= 0.6 is 0 Å². The maximum Gasteiger partial charge on any atom is 0.205 e. The van der Waals surface area contributed by atoms with Crippen LogP contribution in [0.5, 0.6) is 0 Å². The Morgan fingerprint density at radius 1 is 1.24 bits per heavy atom. The molecule has 1 aromatic rings. The molecule has 0 radical (unpaired) electrons. The minimum absolute atomic E-state index is 0.839.